The van der Waals surface area contributed by atoms with Crippen molar-refractivity contribution in [1.82, 2.24) is 10.6 Å². The highest BCUT2D eigenvalue weighted by atomic mass is 16.5. The highest BCUT2D eigenvalue weighted by Gasteiger charge is 2.23. The van der Waals surface area contributed by atoms with Gasteiger partial charge in [0.15, 0.2) is 0 Å². The van der Waals surface area contributed by atoms with Crippen molar-refractivity contribution >= 4 is 23.9 Å². The predicted molar refractivity (Wildman–Crippen MR) is 134 cm³/mol. The number of benzene rings is 3. The van der Waals surface area contributed by atoms with Gasteiger partial charge in [-0.05, 0) is 55.3 Å². The zero-order valence-electron chi connectivity index (χ0n) is 19.6. The van der Waals surface area contributed by atoms with E-state index in [4.69, 9.17) is 4.74 Å². The first-order valence-electron chi connectivity index (χ1n) is 11.2. The molecule has 7 nitrogen and oxygen atoms in total. The summed E-state index contributed by atoms with van der Waals surface area (Å²) in [7, 11) is 0. The molecule has 0 heterocycles. The van der Waals surface area contributed by atoms with Gasteiger partial charge in [0.1, 0.15) is 17.5 Å². The summed E-state index contributed by atoms with van der Waals surface area (Å²) >= 11 is 0. The molecular formula is C28H28N2O5. The van der Waals surface area contributed by atoms with Crippen LogP contribution in [0, 0.1) is 0 Å². The topological polar surface area (TPSA) is 105 Å². The van der Waals surface area contributed by atoms with Crippen LogP contribution < -0.4 is 15.4 Å². The molecule has 0 radical (unpaired) electrons. The fourth-order valence-corrected chi connectivity index (χ4v) is 3.31. The molecule has 0 fully saturated rings. The summed E-state index contributed by atoms with van der Waals surface area (Å²) in [6, 6.07) is 23.3. The van der Waals surface area contributed by atoms with Crippen LogP contribution >= 0.6 is 0 Å². The van der Waals surface area contributed by atoms with Gasteiger partial charge in [0.2, 0.25) is 0 Å². The van der Waals surface area contributed by atoms with E-state index in [9.17, 15) is 19.5 Å². The molecule has 3 rings (SSSR count). The zero-order chi connectivity index (χ0) is 25.2. The third-order valence-corrected chi connectivity index (χ3v) is 4.98. The van der Waals surface area contributed by atoms with Gasteiger partial charge < -0.3 is 20.5 Å². The van der Waals surface area contributed by atoms with Gasteiger partial charge in [-0.1, -0.05) is 60.7 Å². The second-order valence-corrected chi connectivity index (χ2v) is 8.17. The zero-order valence-corrected chi connectivity index (χ0v) is 19.6. The van der Waals surface area contributed by atoms with Gasteiger partial charge in [0.05, 0.1) is 6.10 Å². The Morgan fingerprint density at radius 2 is 1.49 bits per heavy atom. The van der Waals surface area contributed by atoms with Crippen LogP contribution in [0.1, 0.15) is 35.3 Å². The number of carbonyl (C=O) groups is 3. The predicted octanol–water partition coefficient (Wildman–Crippen LogP) is 4.06. The van der Waals surface area contributed by atoms with Crippen LogP contribution in [0.25, 0.3) is 6.08 Å². The molecule has 0 saturated carbocycles. The minimum atomic E-state index is -1.18. The van der Waals surface area contributed by atoms with Gasteiger partial charge in [-0.2, -0.15) is 0 Å². The normalized spacial score (nSPS) is 12.0. The molecule has 0 aromatic heterocycles. The van der Waals surface area contributed by atoms with E-state index in [2.05, 4.69) is 10.6 Å². The molecule has 0 bridgehead atoms. The Labute approximate surface area is 204 Å². The molecule has 0 aliphatic rings. The molecule has 0 spiro atoms. The molecule has 3 aromatic carbocycles. The number of hydrogen-bond donors (Lipinski definition) is 3. The highest BCUT2D eigenvalue weighted by Crippen LogP contribution is 2.16. The fourth-order valence-electron chi connectivity index (χ4n) is 3.31. The summed E-state index contributed by atoms with van der Waals surface area (Å²) in [5.41, 5.74) is 1.69. The minimum absolute atomic E-state index is 0.0143. The van der Waals surface area contributed by atoms with Crippen molar-refractivity contribution < 1.29 is 24.2 Å². The lowest BCUT2D eigenvalue weighted by molar-refractivity contribution is -0.141. The summed E-state index contributed by atoms with van der Waals surface area (Å²) in [4.78, 5) is 37.8. The van der Waals surface area contributed by atoms with Crippen molar-refractivity contribution in [2.75, 3.05) is 0 Å². The number of ether oxygens (including phenoxy) is 1. The average Bonchev–Trinajstić information content (AvgIpc) is 2.85. The lowest BCUT2D eigenvalue weighted by atomic mass is 10.1. The van der Waals surface area contributed by atoms with Gasteiger partial charge in [0, 0.05) is 12.0 Å². The van der Waals surface area contributed by atoms with Crippen LogP contribution in [0.4, 0.5) is 0 Å². The Balaban J connectivity index is 1.85. The standard InChI is InChI=1S/C28H28N2O5/c1-19(2)35-23-15-13-21(14-16-23)17-24(29-26(31)22-11-7-4-8-12-22)27(32)30-25(28(33)34)18-20-9-5-3-6-10-20/h3-17,19,25H,18H2,1-2H3,(H,29,31)(H,30,32)(H,33,34)/t25-/m1/s1. The molecular weight excluding hydrogens is 444 g/mol. The van der Waals surface area contributed by atoms with Crippen LogP contribution in [0.15, 0.2) is 90.6 Å². The first-order valence-corrected chi connectivity index (χ1v) is 11.2. The van der Waals surface area contributed by atoms with Crippen molar-refractivity contribution in [2.45, 2.75) is 32.4 Å². The number of carboxylic acids is 1. The number of carbonyl (C=O) groups excluding carboxylic acids is 2. The van der Waals surface area contributed by atoms with Crippen molar-refractivity contribution in [1.29, 1.82) is 0 Å². The Morgan fingerprint density at radius 1 is 0.886 bits per heavy atom. The van der Waals surface area contributed by atoms with Crippen molar-refractivity contribution in [3.05, 3.63) is 107 Å². The third-order valence-electron chi connectivity index (χ3n) is 4.98. The highest BCUT2D eigenvalue weighted by molar-refractivity contribution is 6.06. The van der Waals surface area contributed by atoms with Crippen LogP contribution in [0.3, 0.4) is 0 Å². The van der Waals surface area contributed by atoms with E-state index < -0.39 is 23.8 Å². The lowest BCUT2D eigenvalue weighted by Crippen LogP contribution is -2.45. The monoisotopic (exact) mass is 472 g/mol. The van der Waals surface area contributed by atoms with Gasteiger partial charge in [-0.3, -0.25) is 9.59 Å². The molecule has 0 aliphatic carbocycles. The third kappa shape index (κ3) is 7.85. The molecule has 0 saturated heterocycles. The summed E-state index contributed by atoms with van der Waals surface area (Å²) in [6.07, 6.45) is 1.61. The Bertz CT molecular complexity index is 1170. The first kappa shape index (κ1) is 25.2. The largest absolute Gasteiger partial charge is 0.491 e. The molecule has 2 amide bonds. The summed E-state index contributed by atoms with van der Waals surface area (Å²) < 4.78 is 5.64. The first-order chi connectivity index (χ1) is 16.8. The van der Waals surface area contributed by atoms with Gasteiger partial charge >= 0.3 is 5.97 Å². The second kappa shape index (κ2) is 12.2. The van der Waals surface area contributed by atoms with Crippen LogP contribution in [0.2, 0.25) is 0 Å². The number of carboxylic acid groups (broad SMARTS) is 1. The molecule has 180 valence electrons. The van der Waals surface area contributed by atoms with Crippen LogP contribution in [-0.4, -0.2) is 35.0 Å². The van der Waals surface area contributed by atoms with E-state index in [1.165, 1.54) is 6.08 Å². The van der Waals surface area contributed by atoms with E-state index in [0.717, 1.165) is 5.56 Å². The van der Waals surface area contributed by atoms with Crippen molar-refractivity contribution in [3.8, 4) is 5.75 Å². The molecule has 7 heteroatoms. The number of hydrogen-bond acceptors (Lipinski definition) is 4. The van der Waals surface area contributed by atoms with Gasteiger partial charge in [0.25, 0.3) is 11.8 Å². The molecule has 0 aliphatic heterocycles. The number of nitrogens with one attached hydrogen (secondary N) is 2. The summed E-state index contributed by atoms with van der Waals surface area (Å²) in [6.45, 7) is 3.84. The van der Waals surface area contributed by atoms with Gasteiger partial charge in [-0.25, -0.2) is 4.79 Å². The van der Waals surface area contributed by atoms with E-state index >= 15 is 0 Å². The maximum Gasteiger partial charge on any atom is 0.326 e. The lowest BCUT2D eigenvalue weighted by Gasteiger charge is -2.17. The number of amides is 2. The fraction of sp³-hybridized carbons (Fsp3) is 0.179. The van der Waals surface area contributed by atoms with Crippen molar-refractivity contribution in [3.63, 3.8) is 0 Å². The molecule has 3 aromatic rings. The van der Waals surface area contributed by atoms with Crippen molar-refractivity contribution in [2.24, 2.45) is 0 Å². The SMILES string of the molecule is CC(C)Oc1ccc(C=C(NC(=O)c2ccccc2)C(=O)N[C@H](Cc2ccccc2)C(=O)O)cc1. The maximum atomic E-state index is 13.1. The van der Waals surface area contributed by atoms with E-state index in [0.29, 0.717) is 16.9 Å². The summed E-state index contributed by atoms with van der Waals surface area (Å²) in [5, 5.41) is 14.8. The van der Waals surface area contributed by atoms with E-state index in [1.807, 2.05) is 19.9 Å². The average molecular weight is 473 g/mol. The maximum absolute atomic E-state index is 13.1. The number of rotatable bonds is 10. The van der Waals surface area contributed by atoms with Gasteiger partial charge in [-0.15, -0.1) is 0 Å². The molecule has 3 N–H and O–H groups in total. The second-order valence-electron chi connectivity index (χ2n) is 8.17. The Morgan fingerprint density at radius 3 is 2.06 bits per heavy atom. The van der Waals surface area contributed by atoms with E-state index in [1.54, 1.807) is 78.9 Å². The van der Waals surface area contributed by atoms with E-state index in [-0.39, 0.29) is 18.2 Å². The quantitative estimate of drug-likeness (QED) is 0.386. The summed E-state index contributed by atoms with van der Waals surface area (Å²) in [5.74, 6) is -1.70. The van der Waals surface area contributed by atoms with Crippen LogP contribution in [0.5, 0.6) is 5.75 Å². The number of aliphatic carboxylic acids is 1. The van der Waals surface area contributed by atoms with Crippen LogP contribution in [-0.2, 0) is 16.0 Å². The molecule has 0 unspecified atom stereocenters. The smallest absolute Gasteiger partial charge is 0.326 e. The molecule has 1 atom stereocenters. The minimum Gasteiger partial charge on any atom is -0.491 e. The Hall–Kier alpha value is -4.39. The Kier molecular flexibility index (Phi) is 8.78. The molecule has 35 heavy (non-hydrogen) atoms.